The molecule has 0 saturated heterocycles. The van der Waals surface area contributed by atoms with Crippen LogP contribution in [0.5, 0.6) is 11.5 Å². The number of aldehydes is 1. The van der Waals surface area contributed by atoms with E-state index in [0.29, 0.717) is 12.4 Å². The zero-order chi connectivity index (χ0) is 13.4. The van der Waals surface area contributed by atoms with Gasteiger partial charge in [0.1, 0.15) is 6.29 Å². The lowest BCUT2D eigenvalue weighted by atomic mass is 10.1. The highest BCUT2D eigenvalue weighted by atomic mass is 16.5. The monoisotopic (exact) mass is 248 g/mol. The van der Waals surface area contributed by atoms with Crippen molar-refractivity contribution < 1.29 is 14.3 Å². The summed E-state index contributed by atoms with van der Waals surface area (Å²) in [7, 11) is 1.62. The van der Waals surface area contributed by atoms with Crippen LogP contribution in [0.1, 0.15) is 32.3 Å². The van der Waals surface area contributed by atoms with E-state index in [1.807, 2.05) is 31.2 Å². The highest BCUT2D eigenvalue weighted by Gasteiger charge is 2.05. The number of ether oxygens (including phenoxy) is 2. The lowest BCUT2D eigenvalue weighted by Crippen LogP contribution is -1.98. The molecule has 1 rings (SSSR count). The molecule has 0 aliphatic carbocycles. The van der Waals surface area contributed by atoms with Gasteiger partial charge in [-0.15, -0.1) is 0 Å². The fourth-order valence-electron chi connectivity index (χ4n) is 1.54. The highest BCUT2D eigenvalue weighted by Crippen LogP contribution is 2.29. The Morgan fingerprint density at radius 1 is 1.28 bits per heavy atom. The second kappa shape index (κ2) is 7.54. The minimum atomic E-state index is 0.651. The molecule has 0 N–H and O–H groups in total. The Bertz CT molecular complexity index is 422. The topological polar surface area (TPSA) is 35.5 Å². The van der Waals surface area contributed by atoms with Crippen LogP contribution in [-0.4, -0.2) is 20.0 Å². The van der Waals surface area contributed by atoms with Gasteiger partial charge in [0.15, 0.2) is 11.5 Å². The van der Waals surface area contributed by atoms with Gasteiger partial charge in [0.25, 0.3) is 0 Å². The molecule has 18 heavy (non-hydrogen) atoms. The van der Waals surface area contributed by atoms with Crippen molar-refractivity contribution in [3.05, 3.63) is 29.3 Å². The van der Waals surface area contributed by atoms with Crippen molar-refractivity contribution >= 4 is 12.4 Å². The predicted molar refractivity (Wildman–Crippen MR) is 73.1 cm³/mol. The van der Waals surface area contributed by atoms with Crippen molar-refractivity contribution in [1.82, 2.24) is 0 Å². The first kappa shape index (κ1) is 14.3. The van der Waals surface area contributed by atoms with Gasteiger partial charge in [-0.25, -0.2) is 0 Å². The molecule has 98 valence electrons. The number of rotatable bonds is 7. The summed E-state index contributed by atoms with van der Waals surface area (Å²) in [5.74, 6) is 1.43. The Morgan fingerprint density at radius 2 is 2.06 bits per heavy atom. The molecule has 0 amide bonds. The largest absolute Gasteiger partial charge is 0.493 e. The molecule has 0 fully saturated rings. The normalized spacial score (nSPS) is 11.2. The van der Waals surface area contributed by atoms with Crippen LogP contribution in [0.2, 0.25) is 0 Å². The van der Waals surface area contributed by atoms with E-state index in [4.69, 9.17) is 9.47 Å². The molecule has 1 aromatic carbocycles. The smallest absolute Gasteiger partial charge is 0.161 e. The van der Waals surface area contributed by atoms with Gasteiger partial charge in [-0.1, -0.05) is 19.9 Å². The molecule has 3 heteroatoms. The fourth-order valence-corrected chi connectivity index (χ4v) is 1.54. The van der Waals surface area contributed by atoms with Crippen molar-refractivity contribution in [2.24, 2.45) is 0 Å². The molecule has 0 aromatic heterocycles. The summed E-state index contributed by atoms with van der Waals surface area (Å²) >= 11 is 0. The molecule has 0 spiro atoms. The summed E-state index contributed by atoms with van der Waals surface area (Å²) in [5.41, 5.74) is 1.72. The second-order valence-electron chi connectivity index (χ2n) is 3.95. The minimum Gasteiger partial charge on any atom is -0.493 e. The third-order valence-corrected chi connectivity index (χ3v) is 2.56. The number of carbonyl (C=O) groups excluding carboxylic acids is 1. The lowest BCUT2D eigenvalue weighted by Gasteiger charge is -2.10. The summed E-state index contributed by atoms with van der Waals surface area (Å²) in [4.78, 5) is 10.8. The van der Waals surface area contributed by atoms with Crippen LogP contribution in [0.3, 0.4) is 0 Å². The Hall–Kier alpha value is -1.77. The van der Waals surface area contributed by atoms with E-state index in [1.165, 1.54) is 0 Å². The predicted octanol–water partition coefficient (Wildman–Crippen LogP) is 3.48. The van der Waals surface area contributed by atoms with Gasteiger partial charge in [-0.3, -0.25) is 4.79 Å². The molecule has 0 aliphatic rings. The summed E-state index contributed by atoms with van der Waals surface area (Å²) in [6.07, 6.45) is 4.42. The van der Waals surface area contributed by atoms with Gasteiger partial charge in [0, 0.05) is 0 Å². The molecule has 3 nitrogen and oxygen atoms in total. The number of carbonyl (C=O) groups is 1. The summed E-state index contributed by atoms with van der Waals surface area (Å²) in [5, 5.41) is 0. The molecule has 0 radical (unpaired) electrons. The molecular formula is C15H20O3. The second-order valence-corrected chi connectivity index (χ2v) is 3.95. The molecule has 0 atom stereocenters. The van der Waals surface area contributed by atoms with E-state index in [1.54, 1.807) is 7.11 Å². The minimum absolute atomic E-state index is 0.651. The van der Waals surface area contributed by atoms with Crippen molar-refractivity contribution in [3.8, 4) is 11.5 Å². The third-order valence-electron chi connectivity index (χ3n) is 2.56. The SMILES string of the molecule is CCCOc1cc(C=C(C=O)CC)ccc1OC. The van der Waals surface area contributed by atoms with Crippen LogP contribution in [-0.2, 0) is 4.79 Å². The van der Waals surface area contributed by atoms with Crippen LogP contribution < -0.4 is 9.47 Å². The maximum Gasteiger partial charge on any atom is 0.161 e. The van der Waals surface area contributed by atoms with E-state index in [0.717, 1.165) is 36.0 Å². The van der Waals surface area contributed by atoms with Crippen LogP contribution in [0.25, 0.3) is 6.08 Å². The Kier molecular flexibility index (Phi) is 5.98. The maximum absolute atomic E-state index is 10.8. The summed E-state index contributed by atoms with van der Waals surface area (Å²) < 4.78 is 10.9. The molecule has 0 aliphatic heterocycles. The number of hydrogen-bond acceptors (Lipinski definition) is 3. The van der Waals surface area contributed by atoms with Gasteiger partial charge in [0.05, 0.1) is 13.7 Å². The highest BCUT2D eigenvalue weighted by molar-refractivity contribution is 5.81. The van der Waals surface area contributed by atoms with Gasteiger partial charge in [0.2, 0.25) is 0 Å². The summed E-state index contributed by atoms with van der Waals surface area (Å²) in [6, 6.07) is 5.67. The van der Waals surface area contributed by atoms with Crippen LogP contribution in [0.15, 0.2) is 23.8 Å². The van der Waals surface area contributed by atoms with Gasteiger partial charge in [-0.05, 0) is 42.2 Å². The number of benzene rings is 1. The quantitative estimate of drug-likeness (QED) is 0.547. The number of allylic oxidation sites excluding steroid dienone is 1. The summed E-state index contributed by atoms with van der Waals surface area (Å²) in [6.45, 7) is 4.66. The molecule has 1 aromatic rings. The first-order valence-electron chi connectivity index (χ1n) is 6.21. The van der Waals surface area contributed by atoms with E-state index in [-0.39, 0.29) is 0 Å². The van der Waals surface area contributed by atoms with Crippen LogP contribution in [0, 0.1) is 0 Å². The average Bonchev–Trinajstić information content (AvgIpc) is 2.42. The van der Waals surface area contributed by atoms with Gasteiger partial charge >= 0.3 is 0 Å². The first-order valence-corrected chi connectivity index (χ1v) is 6.21. The van der Waals surface area contributed by atoms with E-state index in [2.05, 4.69) is 6.92 Å². The maximum atomic E-state index is 10.8. The van der Waals surface area contributed by atoms with E-state index >= 15 is 0 Å². The molecular weight excluding hydrogens is 228 g/mol. The van der Waals surface area contributed by atoms with Crippen molar-refractivity contribution in [1.29, 1.82) is 0 Å². The number of methoxy groups -OCH3 is 1. The van der Waals surface area contributed by atoms with E-state index in [9.17, 15) is 4.79 Å². The molecule has 0 heterocycles. The van der Waals surface area contributed by atoms with Crippen molar-refractivity contribution in [2.75, 3.05) is 13.7 Å². The first-order chi connectivity index (χ1) is 8.74. The van der Waals surface area contributed by atoms with E-state index < -0.39 is 0 Å². The molecule has 0 saturated carbocycles. The Labute approximate surface area is 108 Å². The Morgan fingerprint density at radius 3 is 2.61 bits per heavy atom. The zero-order valence-electron chi connectivity index (χ0n) is 11.2. The van der Waals surface area contributed by atoms with Crippen LogP contribution >= 0.6 is 0 Å². The Balaban J connectivity index is 3.01. The lowest BCUT2D eigenvalue weighted by molar-refractivity contribution is -0.104. The van der Waals surface area contributed by atoms with Crippen molar-refractivity contribution in [2.45, 2.75) is 26.7 Å². The standard InChI is InChI=1S/C15H20O3/c1-4-8-18-15-10-13(6-7-14(15)17-3)9-12(5-2)11-16/h6-7,9-11H,4-5,8H2,1-3H3. The van der Waals surface area contributed by atoms with Gasteiger partial charge in [-0.2, -0.15) is 0 Å². The zero-order valence-corrected chi connectivity index (χ0v) is 11.2. The number of hydrogen-bond donors (Lipinski definition) is 0. The van der Waals surface area contributed by atoms with Crippen molar-refractivity contribution in [3.63, 3.8) is 0 Å². The fraction of sp³-hybridized carbons (Fsp3) is 0.400. The third kappa shape index (κ3) is 3.91. The molecule has 0 unspecified atom stereocenters. The van der Waals surface area contributed by atoms with Gasteiger partial charge < -0.3 is 9.47 Å². The van der Waals surface area contributed by atoms with Crippen LogP contribution in [0.4, 0.5) is 0 Å². The molecule has 0 bridgehead atoms. The average molecular weight is 248 g/mol.